The number of ether oxygens (including phenoxy) is 1. The highest BCUT2D eigenvalue weighted by Gasteiger charge is 2.28. The van der Waals surface area contributed by atoms with Gasteiger partial charge in [0.25, 0.3) is 5.91 Å². The Morgan fingerprint density at radius 3 is 2.29 bits per heavy atom. The minimum absolute atomic E-state index is 0.00961. The summed E-state index contributed by atoms with van der Waals surface area (Å²) in [5.74, 6) is -0.478. The van der Waals surface area contributed by atoms with Gasteiger partial charge in [-0.25, -0.2) is 8.42 Å². The molecular weight excluding hydrogens is 397 g/mol. The van der Waals surface area contributed by atoms with E-state index in [0.29, 0.717) is 11.3 Å². The molecule has 0 radical (unpaired) electrons. The van der Waals surface area contributed by atoms with Crippen molar-refractivity contribution in [2.24, 2.45) is 0 Å². The number of benzene rings is 2. The first kappa shape index (κ1) is 21.5. The van der Waals surface area contributed by atoms with Crippen molar-refractivity contribution in [2.45, 2.75) is 19.1 Å². The molecule has 2 aromatic carbocycles. The van der Waals surface area contributed by atoms with E-state index in [9.17, 15) is 26.4 Å². The summed E-state index contributed by atoms with van der Waals surface area (Å²) >= 11 is 0. The number of anilines is 1. The van der Waals surface area contributed by atoms with E-state index in [1.165, 1.54) is 24.3 Å². The van der Waals surface area contributed by atoms with Gasteiger partial charge in [0.05, 0.1) is 18.0 Å². The van der Waals surface area contributed by atoms with Crippen LogP contribution in [0.25, 0.3) is 0 Å². The van der Waals surface area contributed by atoms with Crippen molar-refractivity contribution in [1.82, 2.24) is 5.32 Å². The molecule has 0 aromatic heterocycles. The molecule has 0 saturated carbocycles. The molecule has 0 heterocycles. The standard InChI is InChI=1S/C18H19F3N2O4S/c1-12(15-5-3-4-6-16(15)23-28(2,25)26)22-17(24)13-7-9-14(10-8-13)27-11-18(19,20)21/h3-10,12,23H,11H2,1-2H3,(H,22,24). The molecule has 1 unspecified atom stereocenters. The number of para-hydroxylation sites is 1. The number of sulfonamides is 1. The molecule has 0 aliphatic heterocycles. The number of amides is 1. The molecule has 2 N–H and O–H groups in total. The summed E-state index contributed by atoms with van der Waals surface area (Å²) in [6, 6.07) is 11.3. The fraction of sp³-hybridized carbons (Fsp3) is 0.278. The summed E-state index contributed by atoms with van der Waals surface area (Å²) in [6.07, 6.45) is -3.42. The van der Waals surface area contributed by atoms with Crippen LogP contribution >= 0.6 is 0 Å². The maximum absolute atomic E-state index is 12.4. The van der Waals surface area contributed by atoms with Crippen molar-refractivity contribution in [1.29, 1.82) is 0 Å². The second-order valence-corrected chi connectivity index (χ2v) is 7.83. The van der Waals surface area contributed by atoms with Gasteiger partial charge < -0.3 is 10.1 Å². The Morgan fingerprint density at radius 1 is 1.11 bits per heavy atom. The highest BCUT2D eigenvalue weighted by Crippen LogP contribution is 2.24. The molecule has 0 bridgehead atoms. The molecule has 152 valence electrons. The van der Waals surface area contributed by atoms with Gasteiger partial charge in [-0.15, -0.1) is 0 Å². The quantitative estimate of drug-likeness (QED) is 0.724. The average molecular weight is 416 g/mol. The summed E-state index contributed by atoms with van der Waals surface area (Å²) < 4.78 is 66.4. The lowest BCUT2D eigenvalue weighted by atomic mass is 10.1. The lowest BCUT2D eigenvalue weighted by Crippen LogP contribution is -2.27. The van der Waals surface area contributed by atoms with Crippen LogP contribution in [-0.4, -0.2) is 33.4 Å². The minimum atomic E-state index is -4.45. The van der Waals surface area contributed by atoms with E-state index in [0.717, 1.165) is 6.26 Å². The largest absolute Gasteiger partial charge is 0.484 e. The lowest BCUT2D eigenvalue weighted by molar-refractivity contribution is -0.153. The molecular formula is C18H19F3N2O4S. The van der Waals surface area contributed by atoms with E-state index in [2.05, 4.69) is 14.8 Å². The van der Waals surface area contributed by atoms with Crippen LogP contribution in [0, 0.1) is 0 Å². The average Bonchev–Trinajstić information content (AvgIpc) is 2.58. The zero-order valence-corrected chi connectivity index (χ0v) is 15.9. The van der Waals surface area contributed by atoms with Crippen LogP contribution in [0.15, 0.2) is 48.5 Å². The molecule has 1 atom stereocenters. The predicted octanol–water partition coefficient (Wildman–Crippen LogP) is 3.49. The van der Waals surface area contributed by atoms with E-state index < -0.39 is 34.8 Å². The first-order valence-corrected chi connectivity index (χ1v) is 10.0. The minimum Gasteiger partial charge on any atom is -0.484 e. The van der Waals surface area contributed by atoms with Crippen LogP contribution in [0.3, 0.4) is 0 Å². The Labute approximate surface area is 160 Å². The van der Waals surface area contributed by atoms with E-state index in [1.54, 1.807) is 31.2 Å². The van der Waals surface area contributed by atoms with E-state index >= 15 is 0 Å². The lowest BCUT2D eigenvalue weighted by Gasteiger charge is -2.18. The number of alkyl halides is 3. The van der Waals surface area contributed by atoms with Gasteiger partial charge in [0.15, 0.2) is 6.61 Å². The molecule has 28 heavy (non-hydrogen) atoms. The summed E-state index contributed by atoms with van der Waals surface area (Å²) in [5, 5.41) is 2.72. The monoisotopic (exact) mass is 416 g/mol. The zero-order chi connectivity index (χ0) is 20.9. The van der Waals surface area contributed by atoms with Crippen LogP contribution < -0.4 is 14.8 Å². The third kappa shape index (κ3) is 6.76. The van der Waals surface area contributed by atoms with Gasteiger partial charge in [-0.2, -0.15) is 13.2 Å². The smallest absolute Gasteiger partial charge is 0.422 e. The van der Waals surface area contributed by atoms with Crippen LogP contribution in [0.4, 0.5) is 18.9 Å². The third-order valence-corrected chi connectivity index (χ3v) is 4.18. The van der Waals surface area contributed by atoms with Gasteiger partial charge >= 0.3 is 6.18 Å². The van der Waals surface area contributed by atoms with Crippen molar-refractivity contribution < 1.29 is 31.1 Å². The van der Waals surface area contributed by atoms with Crippen molar-refractivity contribution >= 4 is 21.6 Å². The number of carbonyl (C=O) groups is 1. The van der Waals surface area contributed by atoms with Crippen LogP contribution in [0.5, 0.6) is 5.75 Å². The Balaban J connectivity index is 2.07. The van der Waals surface area contributed by atoms with E-state index in [1.807, 2.05) is 0 Å². The molecule has 6 nitrogen and oxygen atoms in total. The van der Waals surface area contributed by atoms with Gasteiger partial charge in [-0.05, 0) is 42.8 Å². The molecule has 1 amide bonds. The van der Waals surface area contributed by atoms with Crippen molar-refractivity contribution in [3.8, 4) is 5.75 Å². The number of carbonyl (C=O) groups excluding carboxylic acids is 1. The Bertz CT molecular complexity index is 929. The molecule has 10 heteroatoms. The van der Waals surface area contributed by atoms with Crippen molar-refractivity contribution in [3.05, 3.63) is 59.7 Å². The van der Waals surface area contributed by atoms with Gasteiger partial charge in [0, 0.05) is 5.56 Å². The Kier molecular flexibility index (Phi) is 6.55. The number of hydrogen-bond donors (Lipinski definition) is 2. The summed E-state index contributed by atoms with van der Waals surface area (Å²) in [7, 11) is -3.49. The molecule has 0 saturated heterocycles. The van der Waals surface area contributed by atoms with Crippen LogP contribution in [0.1, 0.15) is 28.9 Å². The summed E-state index contributed by atoms with van der Waals surface area (Å²) in [5.41, 5.74) is 1.12. The Morgan fingerprint density at radius 2 is 1.71 bits per heavy atom. The number of rotatable bonds is 7. The van der Waals surface area contributed by atoms with Crippen molar-refractivity contribution in [2.75, 3.05) is 17.6 Å². The fourth-order valence-corrected chi connectivity index (χ4v) is 2.98. The predicted molar refractivity (Wildman–Crippen MR) is 98.8 cm³/mol. The molecule has 0 spiro atoms. The van der Waals surface area contributed by atoms with Gasteiger partial charge in [-0.1, -0.05) is 18.2 Å². The normalized spacial score (nSPS) is 12.9. The number of halogens is 3. The van der Waals surface area contributed by atoms with E-state index in [-0.39, 0.29) is 11.3 Å². The summed E-state index contributed by atoms with van der Waals surface area (Å²) in [4.78, 5) is 12.4. The highest BCUT2D eigenvalue weighted by molar-refractivity contribution is 7.92. The maximum atomic E-state index is 12.4. The topological polar surface area (TPSA) is 84.5 Å². The maximum Gasteiger partial charge on any atom is 0.422 e. The van der Waals surface area contributed by atoms with Gasteiger partial charge in [0.2, 0.25) is 10.0 Å². The Hall–Kier alpha value is -2.75. The molecule has 0 aliphatic rings. The molecule has 0 aliphatic carbocycles. The SMILES string of the molecule is CC(NC(=O)c1ccc(OCC(F)(F)F)cc1)c1ccccc1NS(C)(=O)=O. The molecule has 2 aromatic rings. The second kappa shape index (κ2) is 8.51. The first-order chi connectivity index (χ1) is 12.9. The number of nitrogens with one attached hydrogen (secondary N) is 2. The van der Waals surface area contributed by atoms with Crippen LogP contribution in [0.2, 0.25) is 0 Å². The van der Waals surface area contributed by atoms with Gasteiger partial charge in [-0.3, -0.25) is 9.52 Å². The fourth-order valence-electron chi connectivity index (χ4n) is 2.39. The zero-order valence-electron chi connectivity index (χ0n) is 15.1. The third-order valence-electron chi connectivity index (χ3n) is 3.59. The van der Waals surface area contributed by atoms with E-state index in [4.69, 9.17) is 0 Å². The molecule has 0 fully saturated rings. The van der Waals surface area contributed by atoms with Crippen LogP contribution in [-0.2, 0) is 10.0 Å². The van der Waals surface area contributed by atoms with Crippen molar-refractivity contribution in [3.63, 3.8) is 0 Å². The summed E-state index contributed by atoms with van der Waals surface area (Å²) in [6.45, 7) is 0.265. The number of hydrogen-bond acceptors (Lipinski definition) is 4. The highest BCUT2D eigenvalue weighted by atomic mass is 32.2. The first-order valence-electron chi connectivity index (χ1n) is 8.12. The van der Waals surface area contributed by atoms with Gasteiger partial charge in [0.1, 0.15) is 5.75 Å². The second-order valence-electron chi connectivity index (χ2n) is 6.08. The molecule has 2 rings (SSSR count).